The van der Waals surface area contributed by atoms with Crippen LogP contribution in [0.2, 0.25) is 0 Å². The highest BCUT2D eigenvalue weighted by Crippen LogP contribution is 2.37. The van der Waals surface area contributed by atoms with Crippen molar-refractivity contribution < 1.29 is 140 Å². The number of aliphatic hydroxyl groups is 1. The molecule has 0 fully saturated rings. The molecule has 0 spiro atoms. The van der Waals surface area contributed by atoms with Gasteiger partial charge in [-0.3, -0.25) is 93.7 Å². The number of carbonyl (C=O) groups is 11. The highest BCUT2D eigenvalue weighted by atomic mass is 36.0. The summed E-state index contributed by atoms with van der Waals surface area (Å²) in [5.41, 5.74) is 14.2. The molecule has 48 heteroatoms. The molecule has 0 aromatic heterocycles. The zero-order valence-electron chi connectivity index (χ0n) is 63.7. The van der Waals surface area contributed by atoms with Gasteiger partial charge in [-0.15, -0.1) is 12.4 Å². The van der Waals surface area contributed by atoms with E-state index < -0.39 is 123 Å². The number of esters is 1. The van der Waals surface area contributed by atoms with Gasteiger partial charge in [-0.05, 0) is 135 Å². The van der Waals surface area contributed by atoms with Crippen LogP contribution in [0.15, 0.2) is 133 Å². The molecule has 0 aliphatic carbocycles. The van der Waals surface area contributed by atoms with Crippen LogP contribution in [-0.2, 0) is 60.4 Å². The number of ketones is 6. The van der Waals surface area contributed by atoms with Crippen LogP contribution in [0.3, 0.4) is 0 Å². The Labute approximate surface area is 715 Å². The SMILES string of the molecule is C=[N-].CCO.CCOC(=O)CC1CCc2cc(N)ccc2O1.Cl.N#CC(=O)C1CC(=O)c2cc([N+](=O)[O-])ccc2O1.Nc1ccc2c(c1)CCC(CC(=O)O)O2.O=C(O)C(=O)C1CC(=O)c2cc([N+](=O)[O-])ccc2O1.O=C1CC(C(=O)Cl)Oc2ccc([N+](=O)[O-])cc21.O=C1CC(C(=O)O)Oc2ccc([N+](=O)[O-])cc21.O=S(Cl)Cl.O=[N+]([O-])c1ccc(O)cc1. The van der Waals surface area contributed by atoms with E-state index >= 15 is 0 Å². The molecule has 6 atom stereocenters. The number of fused-ring (bicyclic) bond motifs is 6. The van der Waals surface area contributed by atoms with Crippen LogP contribution in [0.4, 0.5) is 39.8 Å². The Morgan fingerprint density at radius 1 is 0.520 bits per heavy atom. The third-order valence-corrected chi connectivity index (χ3v) is 16.5. The zero-order valence-corrected chi connectivity index (χ0v) is 67.6. The minimum absolute atomic E-state index is 0. The fraction of sp³-hybridized carbons (Fsp3) is 0.267. The van der Waals surface area contributed by atoms with Crippen LogP contribution in [-0.4, -0.2) is 175 Å². The van der Waals surface area contributed by atoms with Crippen molar-refractivity contribution in [3.63, 3.8) is 0 Å². The van der Waals surface area contributed by atoms with Gasteiger partial charge in [0.2, 0.25) is 15.3 Å². The minimum atomic E-state index is -1.69. The summed E-state index contributed by atoms with van der Waals surface area (Å²) in [5, 5.41) is 109. The number of benzene rings is 7. The van der Waals surface area contributed by atoms with E-state index in [1.54, 1.807) is 26.0 Å². The number of nitro benzene ring substituents is 5. The van der Waals surface area contributed by atoms with Crippen molar-refractivity contribution in [3.05, 3.63) is 223 Å². The summed E-state index contributed by atoms with van der Waals surface area (Å²) in [6.45, 7) is 6.40. The normalized spacial score (nSPS) is 16.2. The Morgan fingerprint density at radius 3 is 1.15 bits per heavy atom. The molecule has 7 aromatic rings. The molecule has 0 amide bonds. The third kappa shape index (κ3) is 32.4. The van der Waals surface area contributed by atoms with E-state index in [-0.39, 0.29) is 142 Å². The van der Waals surface area contributed by atoms with E-state index in [4.69, 9.17) is 96.6 Å². The predicted octanol–water partition coefficient (Wildman–Crippen LogP) is 10.7. The highest BCUT2D eigenvalue weighted by Gasteiger charge is 2.38. The minimum Gasteiger partial charge on any atom is -0.817 e. The summed E-state index contributed by atoms with van der Waals surface area (Å²) < 4.78 is 45.8. The molecule has 0 bridgehead atoms. The van der Waals surface area contributed by atoms with Crippen molar-refractivity contribution in [3.8, 4) is 46.3 Å². The Morgan fingerprint density at radius 2 is 0.829 bits per heavy atom. The maximum Gasteiger partial charge on any atom is 0.376 e. The zero-order chi connectivity index (χ0) is 91.5. The van der Waals surface area contributed by atoms with E-state index in [1.165, 1.54) is 66.7 Å². The number of carboxylic acid groups (broad SMARTS) is 3. The number of Topliss-reactive ketones (excluding diaryl/α,β-unsaturated/α-hetero) is 6. The van der Waals surface area contributed by atoms with Gasteiger partial charge in [0.25, 0.3) is 45.2 Å². The van der Waals surface area contributed by atoms with Crippen molar-refractivity contribution in [2.75, 3.05) is 24.7 Å². The Kier molecular flexibility index (Phi) is 41.8. The second-order valence-electron chi connectivity index (χ2n) is 24.6. The van der Waals surface area contributed by atoms with Crippen LogP contribution in [0.5, 0.6) is 40.2 Å². The molecule has 6 aliphatic rings. The maximum atomic E-state index is 11.8. The van der Waals surface area contributed by atoms with Gasteiger partial charge in [0, 0.05) is 100 Å². The van der Waals surface area contributed by atoms with E-state index in [9.17, 15) is 103 Å². The first-order chi connectivity index (χ1) is 57.6. The number of ether oxygens (including phenoxy) is 7. The molecule has 0 saturated carbocycles. The lowest BCUT2D eigenvalue weighted by molar-refractivity contribution is -0.385. The highest BCUT2D eigenvalue weighted by molar-refractivity contribution is 8.26. The molecular formula is C75H70Cl4N9O34S-. The number of carbonyl (C=O) groups excluding carboxylic acids is 8. The molecule has 9 N–H and O–H groups in total. The number of phenols is 1. The lowest BCUT2D eigenvalue weighted by Crippen LogP contribution is -2.38. The molecule has 654 valence electrons. The number of aryl methyl sites for hydroxylation is 2. The monoisotopic (exact) mass is 1810 g/mol. The number of rotatable bonds is 15. The largest absolute Gasteiger partial charge is 0.817 e. The number of aromatic hydroxyl groups is 1. The first-order valence-electron chi connectivity index (χ1n) is 34.7. The van der Waals surface area contributed by atoms with Gasteiger partial charge in [0.1, 0.15) is 58.5 Å². The number of phenolic OH excluding ortho intramolecular Hbond substituents is 1. The molecule has 7 aromatic carbocycles. The van der Waals surface area contributed by atoms with Crippen LogP contribution < -0.4 is 39.9 Å². The molecule has 6 heterocycles. The summed E-state index contributed by atoms with van der Waals surface area (Å²) in [4.78, 5) is 172. The number of hydrogen-bond acceptors (Lipinski definition) is 34. The molecule has 123 heavy (non-hydrogen) atoms. The molecule has 0 radical (unpaired) electrons. The number of non-ortho nitro benzene ring substituents is 5. The number of aliphatic carboxylic acids is 3. The number of carboxylic acids is 3. The fourth-order valence-corrected chi connectivity index (χ4v) is 11.0. The molecule has 6 aliphatic heterocycles. The van der Waals surface area contributed by atoms with Gasteiger partial charge in [0.05, 0.1) is 92.0 Å². The first-order valence-corrected chi connectivity index (χ1v) is 37.9. The number of halogens is 4. The molecule has 13 rings (SSSR count). The van der Waals surface area contributed by atoms with E-state index in [1.807, 2.05) is 24.3 Å². The summed E-state index contributed by atoms with van der Waals surface area (Å²) in [5.74, 6) is -5.98. The van der Waals surface area contributed by atoms with Crippen molar-refractivity contribution >= 4 is 165 Å². The van der Waals surface area contributed by atoms with E-state index in [2.05, 4.69) is 28.1 Å². The summed E-state index contributed by atoms with van der Waals surface area (Å²) in [7, 11) is 7.36. The van der Waals surface area contributed by atoms with Crippen molar-refractivity contribution in [2.45, 2.75) is 115 Å². The van der Waals surface area contributed by atoms with E-state index in [0.29, 0.717) is 18.7 Å². The number of nitrogens with two attached hydrogens (primary N) is 2. The lowest BCUT2D eigenvalue weighted by Gasteiger charge is -2.25. The van der Waals surface area contributed by atoms with Crippen molar-refractivity contribution in [2.24, 2.45) is 0 Å². The smallest absolute Gasteiger partial charge is 0.376 e. The van der Waals surface area contributed by atoms with Crippen LogP contribution >= 0.6 is 45.4 Å². The van der Waals surface area contributed by atoms with Gasteiger partial charge in [-0.25, -0.2) is 20.5 Å². The summed E-state index contributed by atoms with van der Waals surface area (Å²) >= 11 is 5.25. The quantitative estimate of drug-likeness (QED) is 0.00733. The average Bonchev–Trinajstić information content (AvgIpc) is 0.792. The Hall–Kier alpha value is -14.3. The van der Waals surface area contributed by atoms with Gasteiger partial charge >= 0.3 is 23.9 Å². The van der Waals surface area contributed by atoms with E-state index in [0.717, 1.165) is 90.4 Å². The Bertz CT molecular complexity index is 5110. The van der Waals surface area contributed by atoms with Gasteiger partial charge in [0.15, 0.2) is 41.4 Å². The van der Waals surface area contributed by atoms with Crippen LogP contribution in [0.1, 0.15) is 118 Å². The maximum absolute atomic E-state index is 11.8. The van der Waals surface area contributed by atoms with Gasteiger partial charge in [-0.2, -0.15) is 5.26 Å². The average molecular weight is 1820 g/mol. The van der Waals surface area contributed by atoms with Gasteiger partial charge in [-0.1, -0.05) is 0 Å². The topological polar surface area (TPSA) is 684 Å². The second-order valence-corrected chi connectivity index (χ2v) is 27.5. The predicted molar refractivity (Wildman–Crippen MR) is 433 cm³/mol. The van der Waals surface area contributed by atoms with Crippen LogP contribution in [0.25, 0.3) is 5.41 Å². The Balaban J connectivity index is 0.000000365. The summed E-state index contributed by atoms with van der Waals surface area (Å²) in [6, 6.07) is 31.5. The molecule has 6 unspecified atom stereocenters. The third-order valence-electron chi connectivity index (χ3n) is 16.3. The number of hydrogen-bond donors (Lipinski definition) is 7. The van der Waals surface area contributed by atoms with Crippen LogP contribution in [0, 0.1) is 61.9 Å². The first kappa shape index (κ1) is 103. The number of anilines is 2. The number of nitro groups is 5. The molecule has 0 saturated heterocycles. The standard InChI is InChI=1S/C13H17NO3.C11H6N2O5.C11H7NO7.C11H13NO3.C10H6ClNO5.C10H7NO6.C6H5NO3.C2H6O.CH2N.Cl2OS.ClH/c1-2-16-13(15)8-11-5-3-9-7-10(14)4-6-12(9)17-11;12-5-9(15)11-4-8(14)7-3-6(13(16)17)1-2-10(7)18-11;13-7-4-9(10(14)11(15)16)19-8-2-1-5(12(17)18)3-6(7)8;12-8-2-4-10-7(5-8)1-3-9(15-10)6-11(13)14;11-10(14)9-4-7(13)6-3-5(12(15)16)1-2-8(6)17-9;12-7-4-9(10(13)14)17-8-2-1-5(11(15)16)3-6(7)8;8-6-3-1-5(2-4-6)7(9)10;1-2-3;1-2;1-4(2)3;/h4,6-7,11H,2-3,5,8,14H2,1H3;1-3,11H,4H2;1-3,9H,4H2,(H,15,16);2,4-5,9H,1,3,6,12H2,(H,13,14);1-3,9H,4H2;1-3,9H,4H2,(H,13,14);1-4,8H;3H,2H2,1H3;1H2;;1H/q;;;;;;;;-1;;. The fourth-order valence-electron chi connectivity index (χ4n) is 10.9. The van der Waals surface area contributed by atoms with Gasteiger partial charge < -0.3 is 75.6 Å². The van der Waals surface area contributed by atoms with Crippen molar-refractivity contribution in [1.82, 2.24) is 0 Å². The summed E-state index contributed by atoms with van der Waals surface area (Å²) in [6.07, 6.45) is -2.61. The number of nitrogens with zero attached hydrogens (tertiary/aromatic N) is 7. The molecular weight excluding hydrogens is 1740 g/mol. The number of nitrogen functional groups attached to an aromatic ring is 2. The molecule has 43 nitrogen and oxygen atoms in total. The van der Waals surface area contributed by atoms with Crippen molar-refractivity contribution in [1.29, 1.82) is 5.26 Å². The lowest BCUT2D eigenvalue weighted by atomic mass is 9.98. The second kappa shape index (κ2) is 50.0. The number of aliphatic hydroxyl groups excluding tert-OH is 1. The number of nitriles is 1.